The van der Waals surface area contributed by atoms with Gasteiger partial charge in [0, 0.05) is 31.5 Å². The molecule has 7 heteroatoms. The van der Waals surface area contributed by atoms with Crippen LogP contribution in [0.2, 0.25) is 0 Å². The second-order valence-electron chi connectivity index (χ2n) is 5.38. The summed E-state index contributed by atoms with van der Waals surface area (Å²) in [5, 5.41) is 10.8. The zero-order valence-electron chi connectivity index (χ0n) is 13.7. The van der Waals surface area contributed by atoms with Crippen molar-refractivity contribution < 1.29 is 13.9 Å². The maximum absolute atomic E-state index is 11.7. The van der Waals surface area contributed by atoms with Gasteiger partial charge in [0.1, 0.15) is 5.75 Å². The van der Waals surface area contributed by atoms with E-state index in [0.29, 0.717) is 31.2 Å². The number of aryl methyl sites for hydroxylation is 1. The summed E-state index contributed by atoms with van der Waals surface area (Å²) in [4.78, 5) is 13.7. The van der Waals surface area contributed by atoms with E-state index < -0.39 is 0 Å². The third kappa shape index (κ3) is 5.37. The van der Waals surface area contributed by atoms with Crippen LogP contribution in [0, 0.1) is 0 Å². The largest absolute Gasteiger partial charge is 0.497 e. The van der Waals surface area contributed by atoms with Crippen molar-refractivity contribution in [3.63, 3.8) is 0 Å². The zero-order chi connectivity index (χ0) is 16.7. The standard InChI is InChI=1S/C16H22N4O3/c1-20(2)11-10-17-14(21)8-9-15-18-19-16(23-15)12-4-6-13(22-3)7-5-12/h4-7H,8-11H2,1-3H3,(H,17,21). The van der Waals surface area contributed by atoms with Gasteiger partial charge in [-0.3, -0.25) is 4.79 Å². The van der Waals surface area contributed by atoms with Crippen molar-refractivity contribution in [2.45, 2.75) is 12.8 Å². The molecule has 1 amide bonds. The number of carbonyl (C=O) groups excluding carboxylic acids is 1. The van der Waals surface area contributed by atoms with Crippen LogP contribution >= 0.6 is 0 Å². The number of nitrogens with one attached hydrogen (secondary N) is 1. The quantitative estimate of drug-likeness (QED) is 0.791. The van der Waals surface area contributed by atoms with Gasteiger partial charge in [0.2, 0.25) is 17.7 Å². The van der Waals surface area contributed by atoms with Crippen molar-refractivity contribution in [1.82, 2.24) is 20.4 Å². The summed E-state index contributed by atoms with van der Waals surface area (Å²) in [5.74, 6) is 1.65. The Balaban J connectivity index is 1.83. The minimum Gasteiger partial charge on any atom is -0.497 e. The molecule has 1 heterocycles. The Morgan fingerprint density at radius 3 is 2.65 bits per heavy atom. The molecule has 1 aromatic heterocycles. The van der Waals surface area contributed by atoms with E-state index in [1.165, 1.54) is 0 Å². The van der Waals surface area contributed by atoms with Crippen molar-refractivity contribution in [1.29, 1.82) is 0 Å². The molecule has 0 radical (unpaired) electrons. The lowest BCUT2D eigenvalue weighted by Crippen LogP contribution is -2.31. The SMILES string of the molecule is COc1ccc(-c2nnc(CCC(=O)NCCN(C)C)o2)cc1. The Kier molecular flexibility index (Phi) is 6.10. The van der Waals surface area contributed by atoms with Gasteiger partial charge >= 0.3 is 0 Å². The summed E-state index contributed by atoms with van der Waals surface area (Å²) < 4.78 is 10.7. The fraction of sp³-hybridized carbons (Fsp3) is 0.438. The molecule has 0 fully saturated rings. The fourth-order valence-corrected chi connectivity index (χ4v) is 1.93. The monoisotopic (exact) mass is 318 g/mol. The van der Waals surface area contributed by atoms with E-state index >= 15 is 0 Å². The maximum Gasteiger partial charge on any atom is 0.247 e. The molecule has 0 spiro atoms. The first-order valence-corrected chi connectivity index (χ1v) is 7.46. The molecule has 0 aliphatic carbocycles. The number of benzene rings is 1. The van der Waals surface area contributed by atoms with Gasteiger partial charge in [0.25, 0.3) is 0 Å². The van der Waals surface area contributed by atoms with Crippen molar-refractivity contribution in [2.24, 2.45) is 0 Å². The molecule has 2 rings (SSSR count). The Morgan fingerprint density at radius 2 is 2.00 bits per heavy atom. The second-order valence-corrected chi connectivity index (χ2v) is 5.38. The molecule has 2 aromatic rings. The number of carbonyl (C=O) groups is 1. The topological polar surface area (TPSA) is 80.5 Å². The first kappa shape index (κ1) is 17.0. The van der Waals surface area contributed by atoms with E-state index in [1.54, 1.807) is 7.11 Å². The van der Waals surface area contributed by atoms with Crippen LogP contribution in [0.25, 0.3) is 11.5 Å². The molecule has 124 valence electrons. The number of likely N-dealkylation sites (N-methyl/N-ethyl adjacent to an activating group) is 1. The molecule has 1 aromatic carbocycles. The van der Waals surface area contributed by atoms with Crippen LogP contribution in [0.4, 0.5) is 0 Å². The van der Waals surface area contributed by atoms with Crippen LogP contribution in [0.5, 0.6) is 5.75 Å². The van der Waals surface area contributed by atoms with Crippen LogP contribution < -0.4 is 10.1 Å². The van der Waals surface area contributed by atoms with Crippen LogP contribution in [0.15, 0.2) is 28.7 Å². The molecule has 0 aliphatic heterocycles. The molecular formula is C16H22N4O3. The van der Waals surface area contributed by atoms with Gasteiger partial charge in [0.05, 0.1) is 7.11 Å². The molecule has 7 nitrogen and oxygen atoms in total. The molecule has 0 bridgehead atoms. The normalized spacial score (nSPS) is 10.8. The lowest BCUT2D eigenvalue weighted by Gasteiger charge is -2.09. The third-order valence-electron chi connectivity index (χ3n) is 3.25. The lowest BCUT2D eigenvalue weighted by molar-refractivity contribution is -0.121. The van der Waals surface area contributed by atoms with Gasteiger partial charge in [-0.25, -0.2) is 0 Å². The van der Waals surface area contributed by atoms with Gasteiger partial charge < -0.3 is 19.4 Å². The Morgan fingerprint density at radius 1 is 1.26 bits per heavy atom. The second kappa shape index (κ2) is 8.28. The summed E-state index contributed by atoms with van der Waals surface area (Å²) in [5.41, 5.74) is 0.819. The zero-order valence-corrected chi connectivity index (χ0v) is 13.7. The van der Waals surface area contributed by atoms with Gasteiger partial charge in [-0.05, 0) is 38.4 Å². The number of hydrogen-bond acceptors (Lipinski definition) is 6. The highest BCUT2D eigenvalue weighted by Crippen LogP contribution is 2.21. The van der Waals surface area contributed by atoms with Gasteiger partial charge in [-0.2, -0.15) is 0 Å². The average Bonchev–Trinajstić information content (AvgIpc) is 3.01. The summed E-state index contributed by atoms with van der Waals surface area (Å²) >= 11 is 0. The van der Waals surface area contributed by atoms with Crippen LogP contribution in [-0.4, -0.2) is 55.3 Å². The van der Waals surface area contributed by atoms with Crippen LogP contribution in [0.1, 0.15) is 12.3 Å². The van der Waals surface area contributed by atoms with E-state index in [9.17, 15) is 4.79 Å². The highest BCUT2D eigenvalue weighted by Gasteiger charge is 2.10. The van der Waals surface area contributed by atoms with Crippen molar-refractivity contribution in [3.8, 4) is 17.2 Å². The van der Waals surface area contributed by atoms with E-state index in [2.05, 4.69) is 15.5 Å². The van der Waals surface area contributed by atoms with Crippen LogP contribution in [0.3, 0.4) is 0 Å². The first-order chi connectivity index (χ1) is 11.1. The number of methoxy groups -OCH3 is 1. The predicted molar refractivity (Wildman–Crippen MR) is 86.2 cm³/mol. The molecule has 23 heavy (non-hydrogen) atoms. The number of nitrogens with zero attached hydrogens (tertiary/aromatic N) is 3. The average molecular weight is 318 g/mol. The third-order valence-corrected chi connectivity index (χ3v) is 3.25. The van der Waals surface area contributed by atoms with E-state index in [0.717, 1.165) is 17.9 Å². The number of aromatic nitrogens is 2. The Labute approximate surface area is 135 Å². The van der Waals surface area contributed by atoms with E-state index in [1.807, 2.05) is 43.3 Å². The molecule has 0 unspecified atom stereocenters. The minimum atomic E-state index is -0.0175. The molecule has 0 saturated carbocycles. The summed E-state index contributed by atoms with van der Waals surface area (Å²) in [7, 11) is 5.54. The summed E-state index contributed by atoms with van der Waals surface area (Å²) in [6.07, 6.45) is 0.759. The van der Waals surface area contributed by atoms with Crippen LogP contribution in [-0.2, 0) is 11.2 Å². The Bertz CT molecular complexity index is 623. The van der Waals surface area contributed by atoms with E-state index in [-0.39, 0.29) is 5.91 Å². The maximum atomic E-state index is 11.7. The summed E-state index contributed by atoms with van der Waals surface area (Å²) in [6.45, 7) is 1.45. The molecule has 0 atom stereocenters. The minimum absolute atomic E-state index is 0.0175. The number of ether oxygens (including phenoxy) is 1. The van der Waals surface area contributed by atoms with Gasteiger partial charge in [0.15, 0.2) is 0 Å². The highest BCUT2D eigenvalue weighted by atomic mass is 16.5. The molecule has 0 saturated heterocycles. The number of amides is 1. The van der Waals surface area contributed by atoms with Crippen molar-refractivity contribution in [3.05, 3.63) is 30.2 Å². The number of rotatable bonds is 8. The molecular weight excluding hydrogens is 296 g/mol. The van der Waals surface area contributed by atoms with Crippen molar-refractivity contribution >= 4 is 5.91 Å². The predicted octanol–water partition coefficient (Wildman–Crippen LogP) is 1.36. The lowest BCUT2D eigenvalue weighted by atomic mass is 10.2. The van der Waals surface area contributed by atoms with Gasteiger partial charge in [-0.15, -0.1) is 10.2 Å². The molecule has 0 aliphatic rings. The van der Waals surface area contributed by atoms with E-state index in [4.69, 9.17) is 9.15 Å². The first-order valence-electron chi connectivity index (χ1n) is 7.46. The molecule has 1 N–H and O–H groups in total. The fourth-order valence-electron chi connectivity index (χ4n) is 1.93. The highest BCUT2D eigenvalue weighted by molar-refractivity contribution is 5.76. The number of hydrogen-bond donors (Lipinski definition) is 1. The Hall–Kier alpha value is -2.41. The smallest absolute Gasteiger partial charge is 0.247 e. The summed E-state index contributed by atoms with van der Waals surface area (Å²) in [6, 6.07) is 7.36. The van der Waals surface area contributed by atoms with Crippen molar-refractivity contribution in [2.75, 3.05) is 34.3 Å². The van der Waals surface area contributed by atoms with Gasteiger partial charge in [-0.1, -0.05) is 0 Å².